The van der Waals surface area contributed by atoms with E-state index < -0.39 is 5.82 Å². The van der Waals surface area contributed by atoms with Crippen LogP contribution in [0.5, 0.6) is 17.2 Å². The summed E-state index contributed by atoms with van der Waals surface area (Å²) in [6, 6.07) is 7.62. The summed E-state index contributed by atoms with van der Waals surface area (Å²) in [4.78, 5) is 12.1. The summed E-state index contributed by atoms with van der Waals surface area (Å²) in [5, 5.41) is 2.90. The molecular weight excluding hydrogens is 373 g/mol. The van der Waals surface area contributed by atoms with E-state index >= 15 is 0 Å². The Morgan fingerprint density at radius 1 is 1.30 bits per heavy atom. The highest BCUT2D eigenvalue weighted by Gasteiger charge is 2.22. The maximum Gasteiger partial charge on any atom is 0.258 e. The zero-order valence-corrected chi connectivity index (χ0v) is 15.9. The normalized spacial score (nSPS) is 15.0. The van der Waals surface area contributed by atoms with Crippen LogP contribution in [0.4, 0.5) is 4.39 Å². The van der Waals surface area contributed by atoms with Crippen molar-refractivity contribution in [1.82, 2.24) is 5.32 Å². The molecule has 3 rings (SSSR count). The van der Waals surface area contributed by atoms with Crippen LogP contribution in [0, 0.1) is 5.82 Å². The predicted octanol–water partition coefficient (Wildman–Crippen LogP) is 3.90. The summed E-state index contributed by atoms with van der Waals surface area (Å²) >= 11 is 5.88. The van der Waals surface area contributed by atoms with Gasteiger partial charge in [0.05, 0.1) is 11.6 Å². The van der Waals surface area contributed by atoms with Crippen LogP contribution >= 0.6 is 11.6 Å². The predicted molar refractivity (Wildman–Crippen MR) is 100 cm³/mol. The van der Waals surface area contributed by atoms with Gasteiger partial charge in [-0.25, -0.2) is 4.39 Å². The fourth-order valence-corrected chi connectivity index (χ4v) is 3.11. The van der Waals surface area contributed by atoms with Crippen molar-refractivity contribution >= 4 is 17.5 Å². The fraction of sp³-hybridized carbons (Fsp3) is 0.350. The molecule has 1 heterocycles. The standard InChI is InChI=1S/C20H21ClFNO4/c1-3-25-18-7-13-6-12(2)27-19(13)8-14(18)10-23-20(24)11-26-17-5-4-15(22)9-16(17)21/h4-5,7-9,12H,3,6,10-11H2,1-2H3,(H,23,24)/t12-/m1/s1. The maximum atomic E-state index is 13.0. The largest absolute Gasteiger partial charge is 0.494 e. The first kappa shape index (κ1) is 19.3. The van der Waals surface area contributed by atoms with Gasteiger partial charge in [-0.3, -0.25) is 4.79 Å². The molecule has 5 nitrogen and oxygen atoms in total. The van der Waals surface area contributed by atoms with Crippen molar-refractivity contribution in [1.29, 1.82) is 0 Å². The van der Waals surface area contributed by atoms with Gasteiger partial charge in [0, 0.05) is 24.1 Å². The Hall–Kier alpha value is -2.47. The molecule has 0 saturated heterocycles. The van der Waals surface area contributed by atoms with Crippen LogP contribution in [0.25, 0.3) is 0 Å². The van der Waals surface area contributed by atoms with E-state index in [1.54, 1.807) is 0 Å². The van der Waals surface area contributed by atoms with E-state index in [2.05, 4.69) is 5.32 Å². The molecule has 0 fully saturated rings. The molecule has 1 atom stereocenters. The summed E-state index contributed by atoms with van der Waals surface area (Å²) in [7, 11) is 0. The third-order valence-electron chi connectivity index (χ3n) is 4.11. The molecule has 0 unspecified atom stereocenters. The minimum atomic E-state index is -0.464. The van der Waals surface area contributed by atoms with E-state index in [0.29, 0.717) is 6.61 Å². The minimum Gasteiger partial charge on any atom is -0.494 e. The van der Waals surface area contributed by atoms with Crippen molar-refractivity contribution < 1.29 is 23.4 Å². The maximum absolute atomic E-state index is 13.0. The Morgan fingerprint density at radius 3 is 2.85 bits per heavy atom. The third kappa shape index (κ3) is 4.83. The molecule has 0 spiro atoms. The molecule has 0 radical (unpaired) electrons. The summed E-state index contributed by atoms with van der Waals surface area (Å²) < 4.78 is 29.8. The van der Waals surface area contributed by atoms with Gasteiger partial charge in [0.1, 0.15) is 29.2 Å². The molecular formula is C20H21ClFNO4. The molecule has 27 heavy (non-hydrogen) atoms. The van der Waals surface area contributed by atoms with Gasteiger partial charge in [0.2, 0.25) is 0 Å². The van der Waals surface area contributed by atoms with Crippen molar-refractivity contribution in [3.63, 3.8) is 0 Å². The zero-order valence-electron chi connectivity index (χ0n) is 15.2. The number of hydrogen-bond acceptors (Lipinski definition) is 4. The van der Waals surface area contributed by atoms with Crippen molar-refractivity contribution in [2.75, 3.05) is 13.2 Å². The van der Waals surface area contributed by atoms with Gasteiger partial charge >= 0.3 is 0 Å². The molecule has 0 bridgehead atoms. The smallest absolute Gasteiger partial charge is 0.258 e. The molecule has 7 heteroatoms. The van der Waals surface area contributed by atoms with Crippen molar-refractivity contribution in [2.45, 2.75) is 32.9 Å². The lowest BCUT2D eigenvalue weighted by molar-refractivity contribution is -0.123. The number of fused-ring (bicyclic) bond motifs is 1. The number of carbonyl (C=O) groups is 1. The lowest BCUT2D eigenvalue weighted by Crippen LogP contribution is -2.28. The molecule has 144 valence electrons. The van der Waals surface area contributed by atoms with E-state index in [4.69, 9.17) is 25.8 Å². The average molecular weight is 394 g/mol. The highest BCUT2D eigenvalue weighted by Crippen LogP contribution is 2.35. The van der Waals surface area contributed by atoms with Crippen LogP contribution in [0.15, 0.2) is 30.3 Å². The average Bonchev–Trinajstić information content (AvgIpc) is 2.98. The first-order chi connectivity index (χ1) is 13.0. The van der Waals surface area contributed by atoms with E-state index in [1.165, 1.54) is 12.1 Å². The highest BCUT2D eigenvalue weighted by molar-refractivity contribution is 6.32. The van der Waals surface area contributed by atoms with Gasteiger partial charge in [-0.05, 0) is 44.2 Å². The molecule has 1 aliphatic rings. The highest BCUT2D eigenvalue weighted by atomic mass is 35.5. The number of carbonyl (C=O) groups excluding carboxylic acids is 1. The molecule has 0 saturated carbocycles. The Morgan fingerprint density at radius 2 is 2.11 bits per heavy atom. The van der Waals surface area contributed by atoms with Crippen LogP contribution in [0.1, 0.15) is 25.0 Å². The lowest BCUT2D eigenvalue weighted by Gasteiger charge is -2.14. The SMILES string of the molecule is CCOc1cc2c(cc1CNC(=O)COc1ccc(F)cc1Cl)O[C@H](C)C2. The molecule has 0 aliphatic carbocycles. The first-order valence-corrected chi connectivity index (χ1v) is 9.14. The third-order valence-corrected chi connectivity index (χ3v) is 4.40. The van der Waals surface area contributed by atoms with E-state index in [0.717, 1.165) is 35.1 Å². The number of benzene rings is 2. The van der Waals surface area contributed by atoms with Gasteiger partial charge in [-0.1, -0.05) is 11.6 Å². The van der Waals surface area contributed by atoms with Crippen molar-refractivity contribution in [2.24, 2.45) is 0 Å². The Bertz CT molecular complexity index is 843. The van der Waals surface area contributed by atoms with Gasteiger partial charge in [0.25, 0.3) is 5.91 Å². The summed E-state index contributed by atoms with van der Waals surface area (Å²) in [6.45, 7) is 4.50. The molecule has 1 N–H and O–H groups in total. The Labute approximate surface area is 162 Å². The van der Waals surface area contributed by atoms with Gasteiger partial charge in [0.15, 0.2) is 6.61 Å². The second-order valence-corrected chi connectivity index (χ2v) is 6.68. The van der Waals surface area contributed by atoms with Gasteiger partial charge < -0.3 is 19.5 Å². The number of rotatable bonds is 7. The molecule has 0 aromatic heterocycles. The second kappa shape index (κ2) is 8.48. The van der Waals surface area contributed by atoms with Crippen LogP contribution in [-0.2, 0) is 17.8 Å². The van der Waals surface area contributed by atoms with E-state index in [-0.39, 0.29) is 35.9 Å². The quantitative estimate of drug-likeness (QED) is 0.775. The van der Waals surface area contributed by atoms with Crippen LogP contribution < -0.4 is 19.5 Å². The lowest BCUT2D eigenvalue weighted by atomic mass is 10.1. The number of amides is 1. The zero-order chi connectivity index (χ0) is 19.4. The summed E-state index contributed by atoms with van der Waals surface area (Å²) in [5.74, 6) is 1.02. The molecule has 1 aliphatic heterocycles. The second-order valence-electron chi connectivity index (χ2n) is 6.27. The Balaban J connectivity index is 1.60. The van der Waals surface area contributed by atoms with E-state index in [9.17, 15) is 9.18 Å². The van der Waals surface area contributed by atoms with Gasteiger partial charge in [-0.15, -0.1) is 0 Å². The fourth-order valence-electron chi connectivity index (χ4n) is 2.89. The molecule has 1 amide bonds. The van der Waals surface area contributed by atoms with Crippen molar-refractivity contribution in [3.8, 4) is 17.2 Å². The molecule has 2 aromatic carbocycles. The number of halogens is 2. The number of ether oxygens (including phenoxy) is 3. The monoisotopic (exact) mass is 393 g/mol. The van der Waals surface area contributed by atoms with Crippen LogP contribution in [0.2, 0.25) is 5.02 Å². The van der Waals surface area contributed by atoms with Crippen LogP contribution in [-0.4, -0.2) is 25.2 Å². The Kier molecular flexibility index (Phi) is 6.06. The molecule has 2 aromatic rings. The minimum absolute atomic E-state index is 0.117. The summed E-state index contributed by atoms with van der Waals surface area (Å²) in [6.07, 6.45) is 0.974. The van der Waals surface area contributed by atoms with E-state index in [1.807, 2.05) is 26.0 Å². The topological polar surface area (TPSA) is 56.8 Å². The summed E-state index contributed by atoms with van der Waals surface area (Å²) in [5.41, 5.74) is 1.94. The van der Waals surface area contributed by atoms with Gasteiger partial charge in [-0.2, -0.15) is 0 Å². The first-order valence-electron chi connectivity index (χ1n) is 8.76. The number of nitrogens with one attached hydrogen (secondary N) is 1. The van der Waals surface area contributed by atoms with Crippen LogP contribution in [0.3, 0.4) is 0 Å². The number of hydrogen-bond donors (Lipinski definition) is 1. The van der Waals surface area contributed by atoms with Crippen molar-refractivity contribution in [3.05, 3.63) is 52.3 Å².